The number of carbonyl (C=O) groups is 2. The van der Waals surface area contributed by atoms with Crippen molar-refractivity contribution in [3.05, 3.63) is 23.3 Å². The van der Waals surface area contributed by atoms with Gasteiger partial charge in [-0.25, -0.2) is 4.79 Å². The van der Waals surface area contributed by atoms with Gasteiger partial charge in [-0.15, -0.1) is 0 Å². The smallest absolute Gasteiger partial charge is 0.333 e. The van der Waals surface area contributed by atoms with Crippen LogP contribution in [0.5, 0.6) is 0 Å². The molecule has 7 nitrogen and oxygen atoms in total. The van der Waals surface area contributed by atoms with E-state index in [1.165, 1.54) is 6.92 Å². The molecule has 0 heterocycles. The molecule has 2 unspecified atom stereocenters. The van der Waals surface area contributed by atoms with Gasteiger partial charge in [-0.1, -0.05) is 11.6 Å². The number of hydrogen-bond acceptors (Lipinski definition) is 4. The fraction of sp³-hybridized carbons (Fsp3) is 0.400. The molecule has 18 heavy (non-hydrogen) atoms. The first kappa shape index (κ1) is 14.4. The minimum atomic E-state index is -4.87. The topological polar surface area (TPSA) is 129 Å². The Hall–Kier alpha value is -1.67. The normalized spacial score (nSPS) is 28.3. The highest BCUT2D eigenvalue weighted by Gasteiger charge is 2.52. The van der Waals surface area contributed by atoms with Crippen molar-refractivity contribution in [2.75, 3.05) is 0 Å². The molecule has 8 heteroatoms. The Balaban J connectivity index is 3.61. The first-order valence-corrected chi connectivity index (χ1v) is 6.34. The molecule has 0 saturated heterocycles. The Morgan fingerprint density at radius 3 is 2.17 bits per heavy atom. The zero-order valence-electron chi connectivity index (χ0n) is 9.61. The van der Waals surface area contributed by atoms with Gasteiger partial charge in [0.15, 0.2) is 0 Å². The van der Waals surface area contributed by atoms with Gasteiger partial charge in [-0.3, -0.25) is 9.35 Å². The van der Waals surface area contributed by atoms with Crippen LogP contribution >= 0.6 is 0 Å². The molecule has 3 N–H and O–H groups in total. The zero-order valence-corrected chi connectivity index (χ0v) is 10.4. The lowest BCUT2D eigenvalue weighted by Gasteiger charge is -2.32. The van der Waals surface area contributed by atoms with Crippen LogP contribution in [0.1, 0.15) is 13.8 Å². The molecule has 1 rings (SSSR count). The predicted octanol–water partition coefficient (Wildman–Crippen LogP) is 0.305. The second-order valence-electron chi connectivity index (χ2n) is 4.28. The lowest BCUT2D eigenvalue weighted by Crippen LogP contribution is -2.47. The van der Waals surface area contributed by atoms with Crippen LogP contribution in [0, 0.1) is 5.41 Å². The van der Waals surface area contributed by atoms with E-state index in [2.05, 4.69) is 0 Å². The second-order valence-corrected chi connectivity index (χ2v) is 5.78. The van der Waals surface area contributed by atoms with Crippen molar-refractivity contribution in [1.82, 2.24) is 0 Å². The van der Waals surface area contributed by atoms with E-state index in [1.54, 1.807) is 0 Å². The molecule has 0 amide bonds. The summed E-state index contributed by atoms with van der Waals surface area (Å²) >= 11 is 0. The van der Waals surface area contributed by atoms with Crippen molar-refractivity contribution in [1.29, 1.82) is 0 Å². The van der Waals surface area contributed by atoms with Crippen LogP contribution in [0.25, 0.3) is 0 Å². The molecule has 100 valence electrons. The first-order chi connectivity index (χ1) is 8.00. The maximum Gasteiger partial charge on any atom is 0.333 e. The Morgan fingerprint density at radius 1 is 1.33 bits per heavy atom. The lowest BCUT2D eigenvalue weighted by atomic mass is 9.77. The molecule has 0 fully saturated rings. The molecule has 0 aromatic rings. The Kier molecular flexibility index (Phi) is 3.37. The monoisotopic (exact) mass is 276 g/mol. The van der Waals surface area contributed by atoms with Gasteiger partial charge in [0, 0.05) is 0 Å². The summed E-state index contributed by atoms with van der Waals surface area (Å²) in [6.45, 7) is 2.50. The van der Waals surface area contributed by atoms with Crippen molar-refractivity contribution in [2.45, 2.75) is 19.1 Å². The van der Waals surface area contributed by atoms with Gasteiger partial charge in [0.2, 0.25) is 0 Å². The zero-order chi connectivity index (χ0) is 14.3. The van der Waals surface area contributed by atoms with Crippen LogP contribution in [-0.2, 0) is 19.7 Å². The van der Waals surface area contributed by atoms with Crippen molar-refractivity contribution >= 4 is 22.1 Å². The largest absolute Gasteiger partial charge is 0.481 e. The van der Waals surface area contributed by atoms with Crippen LogP contribution in [0.15, 0.2) is 23.3 Å². The molecular formula is C10H12O7S. The fourth-order valence-corrected chi connectivity index (χ4v) is 3.33. The molecule has 1 aliphatic carbocycles. The van der Waals surface area contributed by atoms with Crippen molar-refractivity contribution in [3.8, 4) is 0 Å². The van der Waals surface area contributed by atoms with E-state index in [-0.39, 0.29) is 0 Å². The van der Waals surface area contributed by atoms with E-state index < -0.39 is 38.3 Å². The summed E-state index contributed by atoms with van der Waals surface area (Å²) in [7, 11) is -4.87. The Labute approximate surface area is 103 Å². The first-order valence-electron chi connectivity index (χ1n) is 4.84. The summed E-state index contributed by atoms with van der Waals surface area (Å²) in [4.78, 5) is 22.2. The van der Waals surface area contributed by atoms with Gasteiger partial charge in [0.05, 0.1) is 5.57 Å². The van der Waals surface area contributed by atoms with Gasteiger partial charge < -0.3 is 10.2 Å². The SMILES string of the molecule is CC1=CC(C)(C(=O)O)C(S(=O)(=O)O)C(C(=O)O)=C1. The van der Waals surface area contributed by atoms with E-state index in [4.69, 9.17) is 14.8 Å². The minimum absolute atomic E-state index is 0.303. The van der Waals surface area contributed by atoms with E-state index >= 15 is 0 Å². The summed E-state index contributed by atoms with van der Waals surface area (Å²) in [6, 6.07) is 0. The van der Waals surface area contributed by atoms with E-state index in [1.807, 2.05) is 0 Å². The number of aliphatic carboxylic acids is 2. The van der Waals surface area contributed by atoms with Crippen LogP contribution in [0.3, 0.4) is 0 Å². The minimum Gasteiger partial charge on any atom is -0.481 e. The van der Waals surface area contributed by atoms with Crippen LogP contribution in [0.2, 0.25) is 0 Å². The average Bonchev–Trinajstić information content (AvgIpc) is 2.13. The van der Waals surface area contributed by atoms with Gasteiger partial charge in [-0.2, -0.15) is 8.42 Å². The standard InChI is InChI=1S/C10H12O7S/c1-5-3-6(8(11)12)7(18(15,16)17)10(2,4-5)9(13)14/h3-4,7H,1-2H3,(H,11,12)(H,13,14)(H,15,16,17). The number of allylic oxidation sites excluding steroid dienone is 2. The number of rotatable bonds is 3. The third-order valence-electron chi connectivity index (χ3n) is 2.74. The molecule has 0 aliphatic heterocycles. The fourth-order valence-electron chi connectivity index (χ4n) is 2.05. The molecule has 1 aliphatic rings. The summed E-state index contributed by atoms with van der Waals surface area (Å²) in [6.07, 6.45) is 2.14. The summed E-state index contributed by atoms with van der Waals surface area (Å²) < 4.78 is 31.7. The number of hydrogen-bond donors (Lipinski definition) is 3. The quantitative estimate of drug-likeness (QED) is 0.632. The summed E-state index contributed by atoms with van der Waals surface area (Å²) in [5, 5.41) is 16.0. The van der Waals surface area contributed by atoms with Gasteiger partial charge >= 0.3 is 11.9 Å². The molecule has 0 aromatic heterocycles. The molecular weight excluding hydrogens is 264 g/mol. The third-order valence-corrected chi connectivity index (χ3v) is 4.08. The highest BCUT2D eigenvalue weighted by molar-refractivity contribution is 7.86. The van der Waals surface area contributed by atoms with Crippen LogP contribution in [-0.4, -0.2) is 40.4 Å². The van der Waals surface area contributed by atoms with Gasteiger partial charge in [0.25, 0.3) is 10.1 Å². The third kappa shape index (κ3) is 2.29. The van der Waals surface area contributed by atoms with Crippen LogP contribution < -0.4 is 0 Å². The molecule has 0 saturated carbocycles. The van der Waals surface area contributed by atoms with Crippen molar-refractivity contribution in [3.63, 3.8) is 0 Å². The highest BCUT2D eigenvalue weighted by Crippen LogP contribution is 2.38. The lowest BCUT2D eigenvalue weighted by molar-refractivity contribution is -0.145. The average molecular weight is 276 g/mol. The second kappa shape index (κ2) is 4.21. The van der Waals surface area contributed by atoms with E-state index in [0.717, 1.165) is 19.1 Å². The predicted molar refractivity (Wildman–Crippen MR) is 60.6 cm³/mol. The maximum atomic E-state index is 11.3. The molecule has 0 bridgehead atoms. The van der Waals surface area contributed by atoms with E-state index in [0.29, 0.717) is 5.57 Å². The number of carboxylic acid groups (broad SMARTS) is 2. The maximum absolute atomic E-state index is 11.3. The molecule has 0 aromatic carbocycles. The Bertz CT molecular complexity index is 569. The van der Waals surface area contributed by atoms with Gasteiger partial charge in [0.1, 0.15) is 10.7 Å². The molecule has 0 spiro atoms. The number of carboxylic acids is 2. The van der Waals surface area contributed by atoms with Crippen molar-refractivity contribution < 1.29 is 32.8 Å². The summed E-state index contributed by atoms with van der Waals surface area (Å²) in [5.74, 6) is -3.12. The molecule has 2 atom stereocenters. The van der Waals surface area contributed by atoms with Gasteiger partial charge in [-0.05, 0) is 19.9 Å². The van der Waals surface area contributed by atoms with E-state index in [9.17, 15) is 18.0 Å². The Morgan fingerprint density at radius 2 is 1.83 bits per heavy atom. The molecule has 0 radical (unpaired) electrons. The van der Waals surface area contributed by atoms with Crippen LogP contribution in [0.4, 0.5) is 0 Å². The highest BCUT2D eigenvalue weighted by atomic mass is 32.2. The summed E-state index contributed by atoms with van der Waals surface area (Å²) in [5.41, 5.74) is -2.39. The van der Waals surface area contributed by atoms with Crippen molar-refractivity contribution in [2.24, 2.45) is 5.41 Å².